The first-order valence-corrected chi connectivity index (χ1v) is 4.37. The molecule has 7 heteroatoms. The topological polar surface area (TPSA) is 97.7 Å². The summed E-state index contributed by atoms with van der Waals surface area (Å²) in [6, 6.07) is 3.31. The number of imidazole rings is 1. The lowest BCUT2D eigenvalue weighted by atomic mass is 10.3. The van der Waals surface area contributed by atoms with Gasteiger partial charge in [0.1, 0.15) is 0 Å². The molecule has 0 unspecified atom stereocenters. The van der Waals surface area contributed by atoms with Gasteiger partial charge >= 0.3 is 11.8 Å². The number of aryl methyl sites for hydroxylation is 1. The smallest absolute Gasteiger partial charge is 0.363 e. The molecule has 0 aliphatic heterocycles. The van der Waals surface area contributed by atoms with E-state index in [1.54, 1.807) is 19.1 Å². The van der Waals surface area contributed by atoms with Crippen molar-refractivity contribution in [2.24, 2.45) is 0 Å². The van der Waals surface area contributed by atoms with Crippen LogP contribution in [0.4, 0.5) is 5.82 Å². The number of nitrogens with zero attached hydrogens (tertiary/aromatic N) is 3. The van der Waals surface area contributed by atoms with E-state index in [0.29, 0.717) is 5.56 Å². The summed E-state index contributed by atoms with van der Waals surface area (Å²) in [6.45, 7) is 1.71. The summed E-state index contributed by atoms with van der Waals surface area (Å²) in [5, 5.41) is 19.6. The molecule has 0 fully saturated rings. The van der Waals surface area contributed by atoms with Gasteiger partial charge in [-0.15, -0.1) is 0 Å². The van der Waals surface area contributed by atoms with E-state index in [0.717, 1.165) is 0 Å². The van der Waals surface area contributed by atoms with E-state index < -0.39 is 22.4 Å². The number of rotatable bonds is 2. The summed E-state index contributed by atoms with van der Waals surface area (Å²) in [7, 11) is 0. The lowest BCUT2D eigenvalue weighted by Gasteiger charge is -1.94. The summed E-state index contributed by atoms with van der Waals surface area (Å²) in [5.74, 6) is -1.93. The molecule has 0 aromatic carbocycles. The van der Waals surface area contributed by atoms with Crippen molar-refractivity contribution in [2.45, 2.75) is 6.92 Å². The number of carboxylic acids is 1. The van der Waals surface area contributed by atoms with E-state index in [2.05, 4.69) is 4.98 Å². The maximum Gasteiger partial charge on any atom is 0.363 e. The molecule has 1 N–H and O–H groups in total. The first-order valence-electron chi connectivity index (χ1n) is 4.37. The Bertz CT molecular complexity index is 602. The third kappa shape index (κ3) is 1.29. The van der Waals surface area contributed by atoms with Crippen molar-refractivity contribution >= 4 is 17.4 Å². The van der Waals surface area contributed by atoms with Crippen molar-refractivity contribution in [2.75, 3.05) is 0 Å². The molecule has 0 amide bonds. The normalized spacial score (nSPS) is 10.6. The number of fused-ring (bicyclic) bond motifs is 1. The molecule has 7 nitrogen and oxygen atoms in total. The van der Waals surface area contributed by atoms with E-state index in [-0.39, 0.29) is 5.65 Å². The third-order valence-corrected chi connectivity index (χ3v) is 2.20. The van der Waals surface area contributed by atoms with Crippen LogP contribution in [-0.2, 0) is 0 Å². The maximum atomic E-state index is 10.8. The molecule has 0 radical (unpaired) electrons. The molecular weight excluding hydrogens is 214 g/mol. The van der Waals surface area contributed by atoms with Crippen molar-refractivity contribution in [1.29, 1.82) is 0 Å². The summed E-state index contributed by atoms with van der Waals surface area (Å²) < 4.78 is 1.17. The van der Waals surface area contributed by atoms with E-state index in [9.17, 15) is 14.9 Å². The van der Waals surface area contributed by atoms with Crippen LogP contribution in [0.3, 0.4) is 0 Å². The zero-order valence-corrected chi connectivity index (χ0v) is 8.25. The Morgan fingerprint density at radius 3 is 2.88 bits per heavy atom. The van der Waals surface area contributed by atoms with Gasteiger partial charge in [-0.05, 0) is 24.0 Å². The van der Waals surface area contributed by atoms with Crippen LogP contribution in [0.15, 0.2) is 18.3 Å². The van der Waals surface area contributed by atoms with Gasteiger partial charge in [-0.3, -0.25) is 0 Å². The van der Waals surface area contributed by atoms with Gasteiger partial charge in [-0.2, -0.15) is 9.38 Å². The Labute approximate surface area is 89.1 Å². The predicted octanol–water partition coefficient (Wildman–Crippen LogP) is 1.25. The van der Waals surface area contributed by atoms with E-state index in [1.807, 2.05) is 0 Å². The molecule has 0 aliphatic carbocycles. The molecule has 2 rings (SSSR count). The van der Waals surface area contributed by atoms with Crippen molar-refractivity contribution < 1.29 is 14.8 Å². The van der Waals surface area contributed by atoms with Crippen LogP contribution in [0.5, 0.6) is 0 Å². The fourth-order valence-electron chi connectivity index (χ4n) is 1.51. The quantitative estimate of drug-likeness (QED) is 0.607. The van der Waals surface area contributed by atoms with Crippen LogP contribution < -0.4 is 0 Å². The molecule has 0 spiro atoms. The highest BCUT2D eigenvalue weighted by Crippen LogP contribution is 2.22. The van der Waals surface area contributed by atoms with Crippen molar-refractivity contribution in [3.05, 3.63) is 39.7 Å². The number of nitro groups is 1. The lowest BCUT2D eigenvalue weighted by molar-refractivity contribution is -0.390. The highest BCUT2D eigenvalue weighted by atomic mass is 16.6. The average Bonchev–Trinajstić information content (AvgIpc) is 2.58. The number of carboxylic acid groups (broad SMARTS) is 1. The van der Waals surface area contributed by atoms with Crippen molar-refractivity contribution in [3.63, 3.8) is 0 Å². The molecule has 16 heavy (non-hydrogen) atoms. The van der Waals surface area contributed by atoms with Crippen LogP contribution in [0, 0.1) is 17.0 Å². The Hall–Kier alpha value is -2.44. The number of hydrogen-bond acceptors (Lipinski definition) is 4. The molecule has 0 saturated heterocycles. The minimum absolute atomic E-state index is 0.284. The second-order valence-corrected chi connectivity index (χ2v) is 3.23. The van der Waals surface area contributed by atoms with Crippen molar-refractivity contribution in [3.8, 4) is 0 Å². The standard InChI is InChI=1S/C9H7N3O4/c1-5-3-2-4-11-7(5)10-6(9(13)14)8(11)12(15)16/h2-4H,1H3,(H,13,14). The van der Waals surface area contributed by atoms with Gasteiger partial charge in [-0.25, -0.2) is 4.79 Å². The fraction of sp³-hybridized carbons (Fsp3) is 0.111. The van der Waals surface area contributed by atoms with Crippen LogP contribution >= 0.6 is 0 Å². The lowest BCUT2D eigenvalue weighted by Crippen LogP contribution is -2.03. The summed E-state index contributed by atoms with van der Waals surface area (Å²) >= 11 is 0. The Kier molecular flexibility index (Phi) is 2.08. The predicted molar refractivity (Wildman–Crippen MR) is 53.5 cm³/mol. The molecule has 82 valence electrons. The monoisotopic (exact) mass is 221 g/mol. The average molecular weight is 221 g/mol. The number of pyridine rings is 1. The van der Waals surface area contributed by atoms with E-state index in [4.69, 9.17) is 5.11 Å². The third-order valence-electron chi connectivity index (χ3n) is 2.20. The van der Waals surface area contributed by atoms with Crippen LogP contribution in [-0.4, -0.2) is 25.4 Å². The highest BCUT2D eigenvalue weighted by molar-refractivity contribution is 5.91. The number of carbonyl (C=O) groups is 1. The van der Waals surface area contributed by atoms with E-state index >= 15 is 0 Å². The molecule has 2 aromatic heterocycles. The van der Waals surface area contributed by atoms with Crippen molar-refractivity contribution in [1.82, 2.24) is 9.38 Å². The largest absolute Gasteiger partial charge is 0.476 e. The molecule has 0 bridgehead atoms. The molecule has 2 heterocycles. The fourth-order valence-corrected chi connectivity index (χ4v) is 1.51. The first-order chi connectivity index (χ1) is 7.52. The number of aromatic carboxylic acids is 1. The van der Waals surface area contributed by atoms with Crippen LogP contribution in [0.25, 0.3) is 5.65 Å². The summed E-state index contributed by atoms with van der Waals surface area (Å²) in [6.07, 6.45) is 1.42. The molecule has 0 atom stereocenters. The van der Waals surface area contributed by atoms with Gasteiger partial charge in [-0.1, -0.05) is 0 Å². The van der Waals surface area contributed by atoms with Gasteiger partial charge in [0.05, 0.1) is 6.20 Å². The molecule has 0 saturated carbocycles. The minimum atomic E-state index is -1.41. The molecular formula is C9H7N3O4. The molecule has 0 aliphatic rings. The second-order valence-electron chi connectivity index (χ2n) is 3.23. The Morgan fingerprint density at radius 1 is 1.62 bits per heavy atom. The first kappa shape index (κ1) is 10.1. The summed E-state index contributed by atoms with van der Waals surface area (Å²) in [4.78, 5) is 24.6. The minimum Gasteiger partial charge on any atom is -0.476 e. The highest BCUT2D eigenvalue weighted by Gasteiger charge is 2.28. The zero-order valence-electron chi connectivity index (χ0n) is 8.25. The SMILES string of the molecule is Cc1cccn2c([N+](=O)[O-])c(C(=O)O)nc12. The summed E-state index contributed by atoms with van der Waals surface area (Å²) in [5.41, 5.74) is 0.420. The second kappa shape index (κ2) is 3.30. The van der Waals surface area contributed by atoms with E-state index in [1.165, 1.54) is 10.6 Å². The molecule has 2 aromatic rings. The Morgan fingerprint density at radius 2 is 2.31 bits per heavy atom. The van der Waals surface area contributed by atoms with Crippen LogP contribution in [0.2, 0.25) is 0 Å². The van der Waals surface area contributed by atoms with Gasteiger partial charge < -0.3 is 15.2 Å². The zero-order chi connectivity index (χ0) is 11.9. The maximum absolute atomic E-state index is 10.8. The van der Waals surface area contributed by atoms with Gasteiger partial charge in [0.25, 0.3) is 0 Å². The van der Waals surface area contributed by atoms with Gasteiger partial charge in [0.15, 0.2) is 0 Å². The van der Waals surface area contributed by atoms with Crippen LogP contribution in [0.1, 0.15) is 16.1 Å². The van der Waals surface area contributed by atoms with Gasteiger partial charge in [0.2, 0.25) is 11.3 Å². The number of aromatic nitrogens is 2. The Balaban J connectivity index is 2.92. The van der Waals surface area contributed by atoms with Gasteiger partial charge in [0, 0.05) is 5.56 Å². The number of hydrogen-bond donors (Lipinski definition) is 1.